The van der Waals surface area contributed by atoms with E-state index >= 15 is 0 Å². The molecule has 0 radical (unpaired) electrons. The summed E-state index contributed by atoms with van der Waals surface area (Å²) < 4.78 is 42.8. The molecule has 20 heavy (non-hydrogen) atoms. The third-order valence-electron chi connectivity index (χ3n) is 3.44. The smallest absolute Gasteiger partial charge is 0.380 e. The van der Waals surface area contributed by atoms with Crippen molar-refractivity contribution in [3.63, 3.8) is 0 Å². The molecule has 0 aliphatic carbocycles. The Bertz CT molecular complexity index is 411. The molecule has 1 aromatic rings. The van der Waals surface area contributed by atoms with Crippen LogP contribution in [0.2, 0.25) is 0 Å². The Morgan fingerprint density at radius 1 is 1.15 bits per heavy atom. The van der Waals surface area contributed by atoms with Gasteiger partial charge in [0.1, 0.15) is 0 Å². The van der Waals surface area contributed by atoms with Crippen molar-refractivity contribution < 1.29 is 17.9 Å². The number of halogens is 3. The first kappa shape index (κ1) is 15.3. The van der Waals surface area contributed by atoms with Gasteiger partial charge in [-0.25, -0.2) is 0 Å². The molecule has 1 aromatic carbocycles. The number of hydrogen-bond donors (Lipinski definition) is 1. The molecule has 1 atom stereocenters. The van der Waals surface area contributed by atoms with Crippen molar-refractivity contribution >= 4 is 0 Å². The lowest BCUT2D eigenvalue weighted by Crippen LogP contribution is -2.34. The predicted molar refractivity (Wildman–Crippen MR) is 70.2 cm³/mol. The molecule has 3 nitrogen and oxygen atoms in total. The van der Waals surface area contributed by atoms with E-state index in [9.17, 15) is 13.2 Å². The normalized spacial score (nSPS) is 19.6. The molecule has 1 unspecified atom stereocenters. The van der Waals surface area contributed by atoms with E-state index in [1.165, 1.54) is 12.1 Å². The molecule has 0 aromatic heterocycles. The minimum Gasteiger partial charge on any atom is -0.380 e. The van der Waals surface area contributed by atoms with E-state index in [-0.39, 0.29) is 6.04 Å². The predicted octanol–water partition coefficient (Wildman–Crippen LogP) is 2.43. The van der Waals surface area contributed by atoms with E-state index < -0.39 is 11.7 Å². The summed E-state index contributed by atoms with van der Waals surface area (Å²) in [5, 5.41) is 0. The number of alkyl halides is 3. The summed E-state index contributed by atoms with van der Waals surface area (Å²) in [6, 6.07) is 4.81. The largest absolute Gasteiger partial charge is 0.416 e. The molecule has 1 aliphatic heterocycles. The van der Waals surface area contributed by atoms with Crippen molar-refractivity contribution in [2.75, 3.05) is 32.8 Å². The van der Waals surface area contributed by atoms with E-state index in [1.807, 2.05) is 0 Å². The Balaban J connectivity index is 1.96. The highest BCUT2D eigenvalue weighted by Crippen LogP contribution is 2.29. The fourth-order valence-electron chi connectivity index (χ4n) is 2.28. The Morgan fingerprint density at radius 3 is 2.50 bits per heavy atom. The third kappa shape index (κ3) is 4.19. The molecule has 2 N–H and O–H groups in total. The maximum atomic E-state index is 12.5. The van der Waals surface area contributed by atoms with Crippen LogP contribution in [0.1, 0.15) is 23.6 Å². The minimum atomic E-state index is -4.30. The van der Waals surface area contributed by atoms with Gasteiger partial charge < -0.3 is 10.5 Å². The Hall–Kier alpha value is -1.11. The summed E-state index contributed by atoms with van der Waals surface area (Å²) in [6.45, 7) is 3.79. The molecule has 1 heterocycles. The molecule has 6 heteroatoms. The molecular weight excluding hydrogens is 269 g/mol. The minimum absolute atomic E-state index is 0.282. The van der Waals surface area contributed by atoms with Crippen LogP contribution in [0, 0.1) is 0 Å². The zero-order valence-corrected chi connectivity index (χ0v) is 11.2. The SMILES string of the molecule is NC(CN1CCCOCC1)c1ccc(C(F)(F)F)cc1. The quantitative estimate of drug-likeness (QED) is 0.928. The molecule has 0 spiro atoms. The molecule has 112 valence electrons. The van der Waals surface area contributed by atoms with Crippen LogP contribution in [-0.4, -0.2) is 37.7 Å². The van der Waals surface area contributed by atoms with Gasteiger partial charge in [0.2, 0.25) is 0 Å². The van der Waals surface area contributed by atoms with Gasteiger partial charge in [-0.3, -0.25) is 4.90 Å². The van der Waals surface area contributed by atoms with Crippen molar-refractivity contribution in [1.29, 1.82) is 0 Å². The monoisotopic (exact) mass is 288 g/mol. The fraction of sp³-hybridized carbons (Fsp3) is 0.571. The lowest BCUT2D eigenvalue weighted by atomic mass is 10.0. The van der Waals surface area contributed by atoms with Gasteiger partial charge in [-0.05, 0) is 24.1 Å². The fourth-order valence-corrected chi connectivity index (χ4v) is 2.28. The Morgan fingerprint density at radius 2 is 1.85 bits per heavy atom. The standard InChI is InChI=1S/C14H19F3N2O/c15-14(16,17)12-4-2-11(3-5-12)13(18)10-19-6-1-8-20-9-7-19/h2-5,13H,1,6-10,18H2. The maximum Gasteiger partial charge on any atom is 0.416 e. The first-order valence-corrected chi connectivity index (χ1v) is 6.69. The van der Waals surface area contributed by atoms with Crippen molar-refractivity contribution in [1.82, 2.24) is 4.90 Å². The zero-order valence-electron chi connectivity index (χ0n) is 11.2. The number of ether oxygens (including phenoxy) is 1. The molecule has 0 saturated carbocycles. The highest BCUT2D eigenvalue weighted by molar-refractivity contribution is 5.26. The van der Waals surface area contributed by atoms with Crippen LogP contribution in [0.4, 0.5) is 13.2 Å². The van der Waals surface area contributed by atoms with Gasteiger partial charge in [-0.15, -0.1) is 0 Å². The van der Waals surface area contributed by atoms with Crippen LogP contribution in [0.25, 0.3) is 0 Å². The van der Waals surface area contributed by atoms with Crippen molar-refractivity contribution in [3.05, 3.63) is 35.4 Å². The van der Waals surface area contributed by atoms with Crippen LogP contribution in [0.5, 0.6) is 0 Å². The van der Waals surface area contributed by atoms with Crippen molar-refractivity contribution in [3.8, 4) is 0 Å². The summed E-state index contributed by atoms with van der Waals surface area (Å²) in [5.41, 5.74) is 6.16. The van der Waals surface area contributed by atoms with Crippen LogP contribution in [-0.2, 0) is 10.9 Å². The molecule has 1 fully saturated rings. The van der Waals surface area contributed by atoms with Gasteiger partial charge in [-0.1, -0.05) is 12.1 Å². The van der Waals surface area contributed by atoms with E-state index in [4.69, 9.17) is 10.5 Å². The van der Waals surface area contributed by atoms with Gasteiger partial charge in [0.25, 0.3) is 0 Å². The van der Waals surface area contributed by atoms with Gasteiger partial charge in [-0.2, -0.15) is 13.2 Å². The molecular formula is C14H19F3N2O. The van der Waals surface area contributed by atoms with Gasteiger partial charge in [0.15, 0.2) is 0 Å². The highest BCUT2D eigenvalue weighted by atomic mass is 19.4. The molecule has 0 amide bonds. The summed E-state index contributed by atoms with van der Waals surface area (Å²) >= 11 is 0. The second-order valence-electron chi connectivity index (χ2n) is 4.99. The average Bonchev–Trinajstić information content (AvgIpc) is 2.66. The van der Waals surface area contributed by atoms with Crippen LogP contribution in [0.3, 0.4) is 0 Å². The topological polar surface area (TPSA) is 38.5 Å². The number of rotatable bonds is 3. The Kier molecular flexibility index (Phi) is 5.01. The zero-order chi connectivity index (χ0) is 14.6. The highest BCUT2D eigenvalue weighted by Gasteiger charge is 2.30. The summed E-state index contributed by atoms with van der Waals surface area (Å²) in [6.07, 6.45) is -3.34. The van der Waals surface area contributed by atoms with Crippen molar-refractivity contribution in [2.45, 2.75) is 18.6 Å². The number of hydrogen-bond acceptors (Lipinski definition) is 3. The third-order valence-corrected chi connectivity index (χ3v) is 3.44. The van der Waals surface area contributed by atoms with E-state index in [1.54, 1.807) is 0 Å². The van der Waals surface area contributed by atoms with Crippen LogP contribution in [0.15, 0.2) is 24.3 Å². The van der Waals surface area contributed by atoms with Gasteiger partial charge >= 0.3 is 6.18 Å². The number of nitrogens with zero attached hydrogens (tertiary/aromatic N) is 1. The van der Waals surface area contributed by atoms with E-state index in [2.05, 4.69) is 4.90 Å². The lowest BCUT2D eigenvalue weighted by Gasteiger charge is -2.23. The summed E-state index contributed by atoms with van der Waals surface area (Å²) in [7, 11) is 0. The second-order valence-corrected chi connectivity index (χ2v) is 4.99. The molecule has 2 rings (SSSR count). The number of nitrogens with two attached hydrogens (primary N) is 1. The van der Waals surface area contributed by atoms with E-state index in [0.29, 0.717) is 13.2 Å². The average molecular weight is 288 g/mol. The molecule has 0 bridgehead atoms. The maximum absolute atomic E-state index is 12.5. The lowest BCUT2D eigenvalue weighted by molar-refractivity contribution is -0.137. The van der Waals surface area contributed by atoms with E-state index in [0.717, 1.165) is 43.8 Å². The second kappa shape index (κ2) is 6.56. The van der Waals surface area contributed by atoms with Gasteiger partial charge in [0.05, 0.1) is 12.2 Å². The number of benzene rings is 1. The van der Waals surface area contributed by atoms with Gasteiger partial charge in [0, 0.05) is 32.3 Å². The summed E-state index contributed by atoms with van der Waals surface area (Å²) in [5.74, 6) is 0. The molecule has 1 saturated heterocycles. The summed E-state index contributed by atoms with van der Waals surface area (Å²) in [4.78, 5) is 2.19. The first-order chi connectivity index (χ1) is 9.47. The van der Waals surface area contributed by atoms with Crippen LogP contribution >= 0.6 is 0 Å². The Labute approximate surface area is 116 Å². The molecule has 1 aliphatic rings. The first-order valence-electron chi connectivity index (χ1n) is 6.69. The van der Waals surface area contributed by atoms with Crippen molar-refractivity contribution in [2.24, 2.45) is 5.73 Å². The van der Waals surface area contributed by atoms with Crippen LogP contribution < -0.4 is 5.73 Å².